The van der Waals surface area contributed by atoms with E-state index in [-0.39, 0.29) is 11.8 Å². The molecule has 0 aliphatic heterocycles. The number of amides is 2. The molecule has 2 N–H and O–H groups in total. The van der Waals surface area contributed by atoms with Gasteiger partial charge in [0.25, 0.3) is 0 Å². The molecule has 0 spiro atoms. The number of hydrogen-bond acceptors (Lipinski definition) is 3. The van der Waals surface area contributed by atoms with E-state index < -0.39 is 0 Å². The van der Waals surface area contributed by atoms with Crippen LogP contribution >= 0.6 is 0 Å². The van der Waals surface area contributed by atoms with Crippen LogP contribution in [0.3, 0.4) is 0 Å². The third-order valence-corrected chi connectivity index (χ3v) is 2.95. The molecular weight excluding hydrogens is 280 g/mol. The number of benzene rings is 2. The molecule has 0 aliphatic carbocycles. The minimum absolute atomic E-state index is 0.00550. The zero-order valence-corrected chi connectivity index (χ0v) is 12.3. The van der Waals surface area contributed by atoms with E-state index >= 15 is 0 Å². The van der Waals surface area contributed by atoms with Gasteiger partial charge in [-0.05, 0) is 43.3 Å². The fourth-order valence-corrected chi connectivity index (χ4v) is 1.81. The van der Waals surface area contributed by atoms with Crippen molar-refractivity contribution in [3.8, 4) is 5.75 Å². The van der Waals surface area contributed by atoms with Crippen LogP contribution in [0.15, 0.2) is 54.6 Å². The predicted octanol–water partition coefficient (Wildman–Crippen LogP) is 3.09. The lowest BCUT2D eigenvalue weighted by Gasteiger charge is -2.09. The zero-order valence-electron chi connectivity index (χ0n) is 12.3. The van der Waals surface area contributed by atoms with Crippen LogP contribution in [0.5, 0.6) is 5.75 Å². The van der Waals surface area contributed by atoms with Crippen LogP contribution in [0.25, 0.3) is 0 Å². The largest absolute Gasteiger partial charge is 0.492 e. The summed E-state index contributed by atoms with van der Waals surface area (Å²) < 4.78 is 5.47. The van der Waals surface area contributed by atoms with E-state index in [1.54, 1.807) is 24.3 Å². The van der Waals surface area contributed by atoms with Gasteiger partial charge >= 0.3 is 6.03 Å². The number of nitrogens with one attached hydrogen (secondary N) is 2. The Hall–Kier alpha value is -2.82. The van der Waals surface area contributed by atoms with Gasteiger partial charge in [-0.3, -0.25) is 4.79 Å². The fourth-order valence-electron chi connectivity index (χ4n) is 1.81. The van der Waals surface area contributed by atoms with Gasteiger partial charge in [0.2, 0.25) is 0 Å². The molecule has 0 aromatic heterocycles. The number of anilines is 1. The van der Waals surface area contributed by atoms with E-state index in [4.69, 9.17) is 4.74 Å². The molecule has 5 nitrogen and oxygen atoms in total. The highest BCUT2D eigenvalue weighted by molar-refractivity contribution is 5.95. The first-order chi connectivity index (χ1) is 10.6. The summed E-state index contributed by atoms with van der Waals surface area (Å²) in [6.07, 6.45) is 0. The van der Waals surface area contributed by atoms with E-state index in [1.165, 1.54) is 6.92 Å². The maximum absolute atomic E-state index is 11.7. The summed E-state index contributed by atoms with van der Waals surface area (Å²) in [5.41, 5.74) is 1.24. The van der Waals surface area contributed by atoms with Gasteiger partial charge in [0.1, 0.15) is 12.4 Å². The molecule has 22 heavy (non-hydrogen) atoms. The Morgan fingerprint density at radius 2 is 1.68 bits per heavy atom. The standard InChI is InChI=1S/C17H18N2O3/c1-13(20)14-7-9-15(10-8-14)19-17(21)18-11-12-22-16-5-3-2-4-6-16/h2-10H,11-12H2,1H3,(H2,18,19,21). The Bertz CT molecular complexity index is 624. The second kappa shape index (κ2) is 7.83. The molecule has 2 rings (SSSR count). The average Bonchev–Trinajstić information content (AvgIpc) is 2.53. The van der Waals surface area contributed by atoms with Crippen molar-refractivity contribution >= 4 is 17.5 Å². The summed E-state index contributed by atoms with van der Waals surface area (Å²) in [5, 5.41) is 5.39. The van der Waals surface area contributed by atoms with Crippen molar-refractivity contribution in [2.45, 2.75) is 6.92 Å². The minimum Gasteiger partial charge on any atom is -0.492 e. The SMILES string of the molecule is CC(=O)c1ccc(NC(=O)NCCOc2ccccc2)cc1. The van der Waals surface area contributed by atoms with Crippen LogP contribution in [0, 0.1) is 0 Å². The lowest BCUT2D eigenvalue weighted by molar-refractivity contribution is 0.101. The van der Waals surface area contributed by atoms with E-state index in [9.17, 15) is 9.59 Å². The first kappa shape index (κ1) is 15.6. The first-order valence-electron chi connectivity index (χ1n) is 6.99. The predicted molar refractivity (Wildman–Crippen MR) is 85.4 cm³/mol. The summed E-state index contributed by atoms with van der Waals surface area (Å²) in [6.45, 7) is 2.29. The number of para-hydroxylation sites is 1. The highest BCUT2D eigenvalue weighted by Gasteiger charge is 2.03. The maximum atomic E-state index is 11.7. The average molecular weight is 298 g/mol. The molecule has 0 bridgehead atoms. The van der Waals surface area contributed by atoms with Crippen molar-refractivity contribution < 1.29 is 14.3 Å². The summed E-state index contributed by atoms with van der Waals surface area (Å²) in [5.74, 6) is 0.763. The van der Waals surface area contributed by atoms with Gasteiger partial charge in [-0.15, -0.1) is 0 Å². The van der Waals surface area contributed by atoms with Crippen molar-refractivity contribution in [1.29, 1.82) is 0 Å². The molecule has 0 saturated carbocycles. The Morgan fingerprint density at radius 3 is 2.32 bits per heavy atom. The number of Topliss-reactive ketones (excluding diaryl/α,β-unsaturated/α-hetero) is 1. The van der Waals surface area contributed by atoms with Gasteiger partial charge in [0.05, 0.1) is 6.54 Å². The number of rotatable bonds is 6. The summed E-state index contributed by atoms with van der Waals surface area (Å²) >= 11 is 0. The van der Waals surface area contributed by atoms with E-state index in [0.717, 1.165) is 5.75 Å². The normalized spacial score (nSPS) is 9.86. The molecule has 0 atom stereocenters. The summed E-state index contributed by atoms with van der Waals surface area (Å²) in [4.78, 5) is 22.9. The molecule has 0 radical (unpaired) electrons. The number of hydrogen-bond donors (Lipinski definition) is 2. The summed E-state index contributed by atoms with van der Waals surface area (Å²) in [7, 11) is 0. The lowest BCUT2D eigenvalue weighted by Crippen LogP contribution is -2.32. The van der Waals surface area contributed by atoms with Crippen LogP contribution in [0.1, 0.15) is 17.3 Å². The molecule has 114 valence electrons. The van der Waals surface area contributed by atoms with Crippen molar-refractivity contribution in [1.82, 2.24) is 5.32 Å². The fraction of sp³-hybridized carbons (Fsp3) is 0.176. The quantitative estimate of drug-likeness (QED) is 0.636. The van der Waals surface area contributed by atoms with E-state index in [1.807, 2.05) is 30.3 Å². The Kier molecular flexibility index (Phi) is 5.54. The van der Waals surface area contributed by atoms with E-state index in [0.29, 0.717) is 24.4 Å². The van der Waals surface area contributed by atoms with Crippen molar-refractivity contribution in [2.24, 2.45) is 0 Å². The zero-order chi connectivity index (χ0) is 15.8. The molecule has 2 aromatic rings. The van der Waals surface area contributed by atoms with Gasteiger partial charge in [-0.1, -0.05) is 18.2 Å². The number of carbonyl (C=O) groups is 2. The lowest BCUT2D eigenvalue weighted by atomic mass is 10.1. The third kappa shape index (κ3) is 4.94. The molecule has 0 aliphatic rings. The smallest absolute Gasteiger partial charge is 0.319 e. The second-order valence-electron chi connectivity index (χ2n) is 4.68. The minimum atomic E-state index is -0.313. The molecule has 2 aromatic carbocycles. The van der Waals surface area contributed by atoms with Gasteiger partial charge in [0, 0.05) is 11.3 Å². The van der Waals surface area contributed by atoms with Crippen LogP contribution in [-0.4, -0.2) is 25.0 Å². The Labute approximate surface area is 129 Å². The highest BCUT2D eigenvalue weighted by atomic mass is 16.5. The van der Waals surface area contributed by atoms with Crippen LogP contribution in [0.2, 0.25) is 0 Å². The van der Waals surface area contributed by atoms with Crippen LogP contribution in [0.4, 0.5) is 10.5 Å². The molecule has 0 heterocycles. The second-order valence-corrected chi connectivity index (χ2v) is 4.68. The molecule has 5 heteroatoms. The molecule has 0 fully saturated rings. The maximum Gasteiger partial charge on any atom is 0.319 e. The van der Waals surface area contributed by atoms with Crippen LogP contribution < -0.4 is 15.4 Å². The topological polar surface area (TPSA) is 67.4 Å². The van der Waals surface area contributed by atoms with Gasteiger partial charge in [0.15, 0.2) is 5.78 Å². The molecule has 2 amide bonds. The molecular formula is C17H18N2O3. The Morgan fingerprint density at radius 1 is 1.00 bits per heavy atom. The third-order valence-electron chi connectivity index (χ3n) is 2.95. The number of urea groups is 1. The number of ether oxygens (including phenoxy) is 1. The number of carbonyl (C=O) groups excluding carboxylic acids is 2. The van der Waals surface area contributed by atoms with Gasteiger partial charge in [-0.2, -0.15) is 0 Å². The Balaban J connectivity index is 1.70. The molecule has 0 saturated heterocycles. The van der Waals surface area contributed by atoms with Gasteiger partial charge < -0.3 is 15.4 Å². The van der Waals surface area contributed by atoms with Crippen LogP contribution in [-0.2, 0) is 0 Å². The summed E-state index contributed by atoms with van der Waals surface area (Å²) in [6, 6.07) is 15.8. The van der Waals surface area contributed by atoms with E-state index in [2.05, 4.69) is 10.6 Å². The van der Waals surface area contributed by atoms with Crippen molar-refractivity contribution in [3.05, 3.63) is 60.2 Å². The first-order valence-corrected chi connectivity index (χ1v) is 6.99. The highest BCUT2D eigenvalue weighted by Crippen LogP contribution is 2.10. The molecule has 0 unspecified atom stereocenters. The monoisotopic (exact) mass is 298 g/mol. The van der Waals surface area contributed by atoms with Gasteiger partial charge in [-0.25, -0.2) is 4.79 Å². The van der Waals surface area contributed by atoms with Crippen molar-refractivity contribution in [3.63, 3.8) is 0 Å². The van der Waals surface area contributed by atoms with Crippen molar-refractivity contribution in [2.75, 3.05) is 18.5 Å². The number of ketones is 1.